The highest BCUT2D eigenvalue weighted by molar-refractivity contribution is 7.89. The zero-order valence-corrected chi connectivity index (χ0v) is 19.2. The summed E-state index contributed by atoms with van der Waals surface area (Å²) < 4.78 is 27.8. The molecule has 7 heteroatoms. The van der Waals surface area contributed by atoms with Gasteiger partial charge in [-0.15, -0.1) is 0 Å². The fourth-order valence-electron chi connectivity index (χ4n) is 4.44. The second kappa shape index (κ2) is 9.10. The van der Waals surface area contributed by atoms with Crippen molar-refractivity contribution < 1.29 is 13.2 Å². The molecule has 2 aliphatic heterocycles. The van der Waals surface area contributed by atoms with Gasteiger partial charge in [0.05, 0.1) is 4.90 Å². The van der Waals surface area contributed by atoms with Gasteiger partial charge >= 0.3 is 0 Å². The molecule has 6 nitrogen and oxygen atoms in total. The zero-order valence-electron chi connectivity index (χ0n) is 18.4. The summed E-state index contributed by atoms with van der Waals surface area (Å²) >= 11 is 0. The van der Waals surface area contributed by atoms with Gasteiger partial charge in [-0.1, -0.05) is 24.3 Å². The van der Waals surface area contributed by atoms with Crippen molar-refractivity contribution in [3.8, 4) is 0 Å². The van der Waals surface area contributed by atoms with Gasteiger partial charge in [-0.3, -0.25) is 9.69 Å². The SMILES string of the molecule is Cc1ccc(C)c(S(=O)(=O)N2CCN(C(=O)c3cccc(CN4CCCC4)c3)CC2)c1. The Morgan fingerprint density at radius 2 is 1.61 bits per heavy atom. The highest BCUT2D eigenvalue weighted by Gasteiger charge is 2.31. The van der Waals surface area contributed by atoms with E-state index >= 15 is 0 Å². The van der Waals surface area contributed by atoms with Crippen LogP contribution in [0.3, 0.4) is 0 Å². The predicted octanol–water partition coefficient (Wildman–Crippen LogP) is 3.05. The summed E-state index contributed by atoms with van der Waals surface area (Å²) in [5.74, 6) is -0.0212. The lowest BCUT2D eigenvalue weighted by Crippen LogP contribution is -2.50. The fourth-order valence-corrected chi connectivity index (χ4v) is 6.17. The molecule has 2 aromatic rings. The number of benzene rings is 2. The number of hydrogen-bond acceptors (Lipinski definition) is 4. The predicted molar refractivity (Wildman–Crippen MR) is 122 cm³/mol. The van der Waals surface area contributed by atoms with Crippen molar-refractivity contribution in [2.45, 2.75) is 38.1 Å². The topological polar surface area (TPSA) is 60.9 Å². The number of carbonyl (C=O) groups is 1. The average Bonchev–Trinajstić information content (AvgIpc) is 3.28. The van der Waals surface area contributed by atoms with Crippen molar-refractivity contribution in [3.63, 3.8) is 0 Å². The van der Waals surface area contributed by atoms with E-state index in [0.717, 1.165) is 36.3 Å². The first-order valence-electron chi connectivity index (χ1n) is 11.0. The van der Waals surface area contributed by atoms with E-state index in [0.29, 0.717) is 36.6 Å². The van der Waals surface area contributed by atoms with E-state index in [-0.39, 0.29) is 5.91 Å². The minimum atomic E-state index is -3.56. The first kappa shape index (κ1) is 22.0. The van der Waals surface area contributed by atoms with Crippen molar-refractivity contribution >= 4 is 15.9 Å². The van der Waals surface area contributed by atoms with E-state index in [1.807, 2.05) is 44.2 Å². The molecule has 166 valence electrons. The average molecular weight is 442 g/mol. The van der Waals surface area contributed by atoms with Crippen molar-refractivity contribution in [2.24, 2.45) is 0 Å². The molecule has 0 unspecified atom stereocenters. The molecule has 4 rings (SSSR count). The lowest BCUT2D eigenvalue weighted by Gasteiger charge is -2.34. The van der Waals surface area contributed by atoms with Crippen LogP contribution in [0.2, 0.25) is 0 Å². The molecule has 0 saturated carbocycles. The third kappa shape index (κ3) is 4.84. The molecule has 0 bridgehead atoms. The van der Waals surface area contributed by atoms with Crippen LogP contribution in [0.1, 0.15) is 39.9 Å². The summed E-state index contributed by atoms with van der Waals surface area (Å²) in [6, 6.07) is 13.4. The van der Waals surface area contributed by atoms with E-state index in [9.17, 15) is 13.2 Å². The van der Waals surface area contributed by atoms with Gasteiger partial charge in [0.15, 0.2) is 0 Å². The molecule has 0 aliphatic carbocycles. The normalized spacial score (nSPS) is 18.5. The monoisotopic (exact) mass is 441 g/mol. The molecule has 2 aliphatic rings. The number of carbonyl (C=O) groups excluding carboxylic acids is 1. The smallest absolute Gasteiger partial charge is 0.253 e. The number of likely N-dealkylation sites (tertiary alicyclic amines) is 1. The highest BCUT2D eigenvalue weighted by Crippen LogP contribution is 2.23. The molecule has 2 aromatic carbocycles. The van der Waals surface area contributed by atoms with Gasteiger partial charge in [-0.25, -0.2) is 8.42 Å². The lowest BCUT2D eigenvalue weighted by molar-refractivity contribution is 0.0697. The Hall–Kier alpha value is -2.22. The molecule has 2 heterocycles. The van der Waals surface area contributed by atoms with Crippen LogP contribution >= 0.6 is 0 Å². The number of hydrogen-bond donors (Lipinski definition) is 0. The van der Waals surface area contributed by atoms with Crippen LogP contribution in [-0.4, -0.2) is 67.7 Å². The third-order valence-corrected chi connectivity index (χ3v) is 8.31. The Kier molecular flexibility index (Phi) is 6.46. The Labute approximate surface area is 185 Å². The van der Waals surface area contributed by atoms with Crippen LogP contribution in [0.25, 0.3) is 0 Å². The molecule has 2 fully saturated rings. The molecular weight excluding hydrogens is 410 g/mol. The summed E-state index contributed by atoms with van der Waals surface area (Å²) in [6.07, 6.45) is 2.49. The molecule has 2 saturated heterocycles. The van der Waals surface area contributed by atoms with Gasteiger partial charge in [0.2, 0.25) is 10.0 Å². The van der Waals surface area contributed by atoms with E-state index in [1.54, 1.807) is 11.0 Å². The number of rotatable bonds is 5. The Balaban J connectivity index is 1.41. The van der Waals surface area contributed by atoms with Crippen molar-refractivity contribution in [1.29, 1.82) is 0 Å². The second-order valence-corrected chi connectivity index (χ2v) is 10.6. The summed E-state index contributed by atoms with van der Waals surface area (Å²) in [5.41, 5.74) is 3.51. The second-order valence-electron chi connectivity index (χ2n) is 8.65. The number of piperazine rings is 1. The summed E-state index contributed by atoms with van der Waals surface area (Å²) in [6.45, 7) is 8.27. The molecular formula is C24H31N3O3S. The van der Waals surface area contributed by atoms with Gasteiger partial charge in [-0.2, -0.15) is 4.31 Å². The van der Waals surface area contributed by atoms with E-state index < -0.39 is 10.0 Å². The number of aryl methyl sites for hydroxylation is 2. The standard InChI is InChI=1S/C24H31N3O3S/c1-19-8-9-20(2)23(16-19)31(29,30)27-14-12-26(13-15-27)24(28)22-7-5-6-21(17-22)18-25-10-3-4-11-25/h5-9,16-17H,3-4,10-15,18H2,1-2H3. The Morgan fingerprint density at radius 3 is 2.32 bits per heavy atom. The maximum absolute atomic E-state index is 13.1. The molecule has 1 amide bonds. The van der Waals surface area contributed by atoms with Crippen LogP contribution < -0.4 is 0 Å². The molecule has 0 spiro atoms. The highest BCUT2D eigenvalue weighted by atomic mass is 32.2. The van der Waals surface area contributed by atoms with Crippen molar-refractivity contribution in [1.82, 2.24) is 14.1 Å². The molecule has 31 heavy (non-hydrogen) atoms. The van der Waals surface area contributed by atoms with Gasteiger partial charge in [0.25, 0.3) is 5.91 Å². The molecule has 0 radical (unpaired) electrons. The minimum absolute atomic E-state index is 0.0212. The van der Waals surface area contributed by atoms with E-state index in [1.165, 1.54) is 17.1 Å². The minimum Gasteiger partial charge on any atom is -0.336 e. The quantitative estimate of drug-likeness (QED) is 0.716. The maximum atomic E-state index is 13.1. The molecule has 0 aromatic heterocycles. The largest absolute Gasteiger partial charge is 0.336 e. The van der Waals surface area contributed by atoms with Crippen LogP contribution in [0, 0.1) is 13.8 Å². The van der Waals surface area contributed by atoms with Crippen molar-refractivity contribution in [2.75, 3.05) is 39.3 Å². The summed E-state index contributed by atoms with van der Waals surface area (Å²) in [5, 5.41) is 0. The van der Waals surface area contributed by atoms with Crippen molar-refractivity contribution in [3.05, 3.63) is 64.7 Å². The summed E-state index contributed by atoms with van der Waals surface area (Å²) in [7, 11) is -3.56. The van der Waals surface area contributed by atoms with E-state index in [4.69, 9.17) is 0 Å². The molecule has 0 atom stereocenters. The fraction of sp³-hybridized carbons (Fsp3) is 0.458. The Morgan fingerprint density at radius 1 is 0.903 bits per heavy atom. The Bertz CT molecular complexity index is 1050. The number of nitrogens with zero attached hydrogens (tertiary/aromatic N) is 3. The first-order valence-corrected chi connectivity index (χ1v) is 12.5. The van der Waals surface area contributed by atoms with Gasteiger partial charge in [-0.05, 0) is 74.7 Å². The van der Waals surface area contributed by atoms with Crippen LogP contribution in [-0.2, 0) is 16.6 Å². The number of sulfonamides is 1. The molecule has 0 N–H and O–H groups in total. The first-order chi connectivity index (χ1) is 14.8. The van der Waals surface area contributed by atoms with Crippen LogP contribution in [0.4, 0.5) is 0 Å². The van der Waals surface area contributed by atoms with Gasteiger partial charge in [0, 0.05) is 38.3 Å². The summed E-state index contributed by atoms with van der Waals surface area (Å²) in [4.78, 5) is 17.6. The van der Waals surface area contributed by atoms with Gasteiger partial charge < -0.3 is 4.90 Å². The number of amides is 1. The van der Waals surface area contributed by atoms with Crippen LogP contribution in [0.15, 0.2) is 47.4 Å². The maximum Gasteiger partial charge on any atom is 0.253 e. The van der Waals surface area contributed by atoms with E-state index in [2.05, 4.69) is 11.0 Å². The van der Waals surface area contributed by atoms with Crippen LogP contribution in [0.5, 0.6) is 0 Å². The zero-order chi connectivity index (χ0) is 22.0. The third-order valence-electron chi connectivity index (χ3n) is 6.27. The van der Waals surface area contributed by atoms with Gasteiger partial charge in [0.1, 0.15) is 0 Å². The lowest BCUT2D eigenvalue weighted by atomic mass is 10.1.